The largest absolute Gasteiger partial charge is 0.384 e. The Hall–Kier alpha value is -0.990. The van der Waals surface area contributed by atoms with E-state index in [1.54, 1.807) is 0 Å². The molecular formula is C7H12N2O. The molecule has 0 amide bonds. The minimum absolute atomic E-state index is 0.886. The number of nitrogens with one attached hydrogen (secondary N) is 1. The van der Waals surface area contributed by atoms with Gasteiger partial charge in [-0.2, -0.15) is 0 Å². The molecule has 0 bridgehead atoms. The highest BCUT2D eigenvalue weighted by Gasteiger charge is 2.07. The molecule has 56 valence electrons. The van der Waals surface area contributed by atoms with E-state index in [1.165, 1.54) is 0 Å². The third-order valence-corrected chi connectivity index (χ3v) is 1.50. The molecule has 0 saturated heterocycles. The molecular weight excluding hydrogens is 128 g/mol. The van der Waals surface area contributed by atoms with E-state index in [9.17, 15) is 0 Å². The molecule has 0 unspecified atom stereocenters. The number of nitrogens with zero attached hydrogens (tertiary/aromatic N) is 1. The zero-order valence-corrected chi connectivity index (χ0v) is 6.56. The van der Waals surface area contributed by atoms with Crippen molar-refractivity contribution in [2.45, 2.75) is 20.3 Å². The van der Waals surface area contributed by atoms with Crippen molar-refractivity contribution in [3.8, 4) is 0 Å². The highest BCUT2D eigenvalue weighted by atomic mass is 16.5. The Morgan fingerprint density at radius 1 is 1.60 bits per heavy atom. The van der Waals surface area contributed by atoms with Crippen LogP contribution in [0.4, 0.5) is 5.69 Å². The summed E-state index contributed by atoms with van der Waals surface area (Å²) in [6.45, 7) is 3.97. The summed E-state index contributed by atoms with van der Waals surface area (Å²) >= 11 is 0. The van der Waals surface area contributed by atoms with Crippen LogP contribution in [0.2, 0.25) is 0 Å². The lowest BCUT2D eigenvalue weighted by Crippen LogP contribution is -1.91. The maximum atomic E-state index is 5.02. The molecule has 3 nitrogen and oxygen atoms in total. The highest BCUT2D eigenvalue weighted by Crippen LogP contribution is 2.18. The predicted molar refractivity (Wildman–Crippen MR) is 40.2 cm³/mol. The van der Waals surface area contributed by atoms with E-state index in [0.29, 0.717) is 0 Å². The van der Waals surface area contributed by atoms with Crippen LogP contribution >= 0.6 is 0 Å². The third-order valence-electron chi connectivity index (χ3n) is 1.50. The summed E-state index contributed by atoms with van der Waals surface area (Å²) in [7, 11) is 1.87. The zero-order chi connectivity index (χ0) is 7.56. The number of aromatic nitrogens is 1. The van der Waals surface area contributed by atoms with Crippen molar-refractivity contribution < 1.29 is 4.52 Å². The molecule has 0 spiro atoms. The van der Waals surface area contributed by atoms with Gasteiger partial charge in [0, 0.05) is 13.5 Å². The van der Waals surface area contributed by atoms with Crippen LogP contribution in [-0.2, 0) is 6.42 Å². The molecule has 1 rings (SSSR count). The molecule has 10 heavy (non-hydrogen) atoms. The van der Waals surface area contributed by atoms with Crippen molar-refractivity contribution in [3.63, 3.8) is 0 Å². The van der Waals surface area contributed by atoms with E-state index >= 15 is 0 Å². The molecule has 0 fully saturated rings. The maximum absolute atomic E-state index is 5.02. The van der Waals surface area contributed by atoms with Gasteiger partial charge in [0.15, 0.2) is 5.76 Å². The molecule has 0 aliphatic rings. The SMILES string of the molecule is CCc1onc(C)c1NC. The Morgan fingerprint density at radius 2 is 2.30 bits per heavy atom. The van der Waals surface area contributed by atoms with Crippen molar-refractivity contribution in [3.05, 3.63) is 11.5 Å². The Kier molecular flexibility index (Phi) is 1.94. The second-order valence-corrected chi connectivity index (χ2v) is 2.17. The smallest absolute Gasteiger partial charge is 0.159 e. The van der Waals surface area contributed by atoms with Crippen molar-refractivity contribution >= 4 is 5.69 Å². The summed E-state index contributed by atoms with van der Waals surface area (Å²) in [5, 5.41) is 6.86. The lowest BCUT2D eigenvalue weighted by Gasteiger charge is -1.95. The fourth-order valence-corrected chi connectivity index (χ4v) is 0.978. The van der Waals surface area contributed by atoms with Crippen molar-refractivity contribution in [1.82, 2.24) is 5.16 Å². The first-order chi connectivity index (χ1) is 4.79. The van der Waals surface area contributed by atoms with Gasteiger partial charge in [0.1, 0.15) is 11.4 Å². The molecule has 1 aromatic heterocycles. The first-order valence-corrected chi connectivity index (χ1v) is 3.42. The van der Waals surface area contributed by atoms with Gasteiger partial charge in [0.2, 0.25) is 0 Å². The standard InChI is InChI=1S/C7H12N2O/c1-4-6-7(8-3)5(2)9-10-6/h8H,4H2,1-3H3. The number of hydrogen-bond acceptors (Lipinski definition) is 3. The van der Waals surface area contributed by atoms with Gasteiger partial charge in [-0.25, -0.2) is 0 Å². The summed E-state index contributed by atoms with van der Waals surface area (Å²) in [5.74, 6) is 0.931. The van der Waals surface area contributed by atoms with Crippen LogP contribution in [0, 0.1) is 6.92 Å². The Balaban J connectivity index is 3.01. The number of aryl methyl sites for hydroxylation is 2. The lowest BCUT2D eigenvalue weighted by atomic mass is 10.3. The summed E-state index contributed by atoms with van der Waals surface area (Å²) in [6, 6.07) is 0. The van der Waals surface area contributed by atoms with E-state index < -0.39 is 0 Å². The summed E-state index contributed by atoms with van der Waals surface area (Å²) < 4.78 is 5.02. The van der Waals surface area contributed by atoms with Gasteiger partial charge >= 0.3 is 0 Å². The van der Waals surface area contributed by atoms with Gasteiger partial charge in [-0.05, 0) is 6.92 Å². The third kappa shape index (κ3) is 0.988. The molecule has 0 radical (unpaired) electrons. The van der Waals surface area contributed by atoms with Gasteiger partial charge in [-0.15, -0.1) is 0 Å². The zero-order valence-electron chi connectivity index (χ0n) is 6.56. The van der Waals surface area contributed by atoms with Crippen molar-refractivity contribution in [1.29, 1.82) is 0 Å². The number of anilines is 1. The average molecular weight is 140 g/mol. The molecule has 3 heteroatoms. The normalized spacial score (nSPS) is 9.90. The van der Waals surface area contributed by atoms with Crippen molar-refractivity contribution in [2.75, 3.05) is 12.4 Å². The Labute approximate surface area is 60.4 Å². The van der Waals surface area contributed by atoms with E-state index in [-0.39, 0.29) is 0 Å². The van der Waals surface area contributed by atoms with Crippen LogP contribution in [-0.4, -0.2) is 12.2 Å². The first-order valence-electron chi connectivity index (χ1n) is 3.42. The molecule has 0 aliphatic heterocycles. The van der Waals surface area contributed by atoms with Crippen LogP contribution < -0.4 is 5.32 Å². The fourth-order valence-electron chi connectivity index (χ4n) is 0.978. The van der Waals surface area contributed by atoms with Crippen LogP contribution in [0.15, 0.2) is 4.52 Å². The van der Waals surface area contributed by atoms with Crippen molar-refractivity contribution in [2.24, 2.45) is 0 Å². The minimum atomic E-state index is 0.886. The van der Waals surface area contributed by atoms with Crippen LogP contribution in [0.5, 0.6) is 0 Å². The fraction of sp³-hybridized carbons (Fsp3) is 0.571. The minimum Gasteiger partial charge on any atom is -0.384 e. The molecule has 1 aromatic rings. The Morgan fingerprint density at radius 3 is 2.70 bits per heavy atom. The second-order valence-electron chi connectivity index (χ2n) is 2.17. The van der Waals surface area contributed by atoms with E-state index in [1.807, 2.05) is 20.9 Å². The summed E-state index contributed by atoms with van der Waals surface area (Å²) in [4.78, 5) is 0. The maximum Gasteiger partial charge on any atom is 0.159 e. The van der Waals surface area contributed by atoms with Crippen LogP contribution in [0.1, 0.15) is 18.4 Å². The first kappa shape index (κ1) is 7.12. The quantitative estimate of drug-likeness (QED) is 0.677. The molecule has 0 atom stereocenters. The molecule has 0 aromatic carbocycles. The molecule has 1 N–H and O–H groups in total. The summed E-state index contributed by atoms with van der Waals surface area (Å²) in [6.07, 6.45) is 0.886. The molecule has 0 saturated carbocycles. The van der Waals surface area contributed by atoms with Gasteiger partial charge in [0.05, 0.1) is 0 Å². The van der Waals surface area contributed by atoms with E-state index in [4.69, 9.17) is 4.52 Å². The predicted octanol–water partition coefficient (Wildman–Crippen LogP) is 1.59. The molecule has 1 heterocycles. The monoisotopic (exact) mass is 140 g/mol. The van der Waals surface area contributed by atoms with Gasteiger partial charge in [0.25, 0.3) is 0 Å². The molecule has 0 aliphatic carbocycles. The van der Waals surface area contributed by atoms with Gasteiger partial charge in [-0.3, -0.25) is 0 Å². The number of hydrogen-bond donors (Lipinski definition) is 1. The Bertz CT molecular complexity index is 217. The van der Waals surface area contributed by atoms with Gasteiger partial charge in [-0.1, -0.05) is 12.1 Å². The second kappa shape index (κ2) is 2.73. The summed E-state index contributed by atoms with van der Waals surface area (Å²) in [5.41, 5.74) is 1.96. The average Bonchev–Trinajstić information content (AvgIpc) is 2.30. The topological polar surface area (TPSA) is 38.1 Å². The van der Waals surface area contributed by atoms with E-state index in [2.05, 4.69) is 10.5 Å². The number of rotatable bonds is 2. The van der Waals surface area contributed by atoms with Crippen LogP contribution in [0.3, 0.4) is 0 Å². The van der Waals surface area contributed by atoms with E-state index in [0.717, 1.165) is 23.6 Å². The van der Waals surface area contributed by atoms with Crippen LogP contribution in [0.25, 0.3) is 0 Å². The lowest BCUT2D eigenvalue weighted by molar-refractivity contribution is 0.383. The highest BCUT2D eigenvalue weighted by molar-refractivity contribution is 5.49. The van der Waals surface area contributed by atoms with Gasteiger partial charge < -0.3 is 9.84 Å².